The number of Topliss-reactive ketones (excluding diaryl/α,β-unsaturated/α-hetero) is 1. The van der Waals surface area contributed by atoms with Crippen LogP contribution in [-0.4, -0.2) is 45.3 Å². The van der Waals surface area contributed by atoms with E-state index >= 15 is 0 Å². The molecule has 0 unspecified atom stereocenters. The highest BCUT2D eigenvalue weighted by Crippen LogP contribution is 2.30. The standard InChI is InChI=1S/C9H11NO4S2/c1-14-4-3-10-6-8(11)7-2-5-15-9(7)16(10,12)13/h2,5H,3-4,6H2,1H3. The average molecular weight is 261 g/mol. The number of thiophene rings is 1. The molecule has 0 atom stereocenters. The zero-order valence-electron chi connectivity index (χ0n) is 8.67. The predicted molar refractivity (Wildman–Crippen MR) is 59.3 cm³/mol. The van der Waals surface area contributed by atoms with Crippen LogP contribution in [0.1, 0.15) is 10.4 Å². The van der Waals surface area contributed by atoms with Crippen molar-refractivity contribution in [3.05, 3.63) is 17.0 Å². The summed E-state index contributed by atoms with van der Waals surface area (Å²) in [5, 5.41) is 1.62. The molecule has 0 aliphatic carbocycles. The lowest BCUT2D eigenvalue weighted by Gasteiger charge is -2.24. The van der Waals surface area contributed by atoms with E-state index in [2.05, 4.69) is 0 Å². The second-order valence-corrected chi connectivity index (χ2v) is 6.43. The fraction of sp³-hybridized carbons (Fsp3) is 0.444. The molecule has 0 amide bonds. The molecular weight excluding hydrogens is 250 g/mol. The van der Waals surface area contributed by atoms with Gasteiger partial charge in [0.15, 0.2) is 5.78 Å². The Morgan fingerprint density at radius 3 is 3.00 bits per heavy atom. The van der Waals surface area contributed by atoms with Crippen LogP contribution in [0.2, 0.25) is 0 Å². The Morgan fingerprint density at radius 2 is 2.31 bits per heavy atom. The Balaban J connectivity index is 2.38. The summed E-state index contributed by atoms with van der Waals surface area (Å²) in [5.74, 6) is -0.151. The highest BCUT2D eigenvalue weighted by molar-refractivity contribution is 7.91. The van der Waals surface area contributed by atoms with Gasteiger partial charge in [0.25, 0.3) is 10.0 Å². The minimum atomic E-state index is -3.49. The van der Waals surface area contributed by atoms with Crippen LogP contribution in [0.25, 0.3) is 0 Å². The van der Waals surface area contributed by atoms with Crippen LogP contribution in [-0.2, 0) is 14.8 Å². The number of ketones is 1. The molecule has 0 aromatic carbocycles. The van der Waals surface area contributed by atoms with Gasteiger partial charge in [-0.3, -0.25) is 4.79 Å². The first-order valence-electron chi connectivity index (χ1n) is 4.67. The molecule has 1 aliphatic heterocycles. The molecule has 88 valence electrons. The Hall–Kier alpha value is -0.760. The van der Waals surface area contributed by atoms with Gasteiger partial charge in [0, 0.05) is 19.2 Å². The number of methoxy groups -OCH3 is 1. The second-order valence-electron chi connectivity index (χ2n) is 3.38. The van der Waals surface area contributed by atoms with Crippen molar-refractivity contribution in [2.45, 2.75) is 4.21 Å². The highest BCUT2D eigenvalue weighted by atomic mass is 32.2. The van der Waals surface area contributed by atoms with E-state index in [9.17, 15) is 13.2 Å². The summed E-state index contributed by atoms with van der Waals surface area (Å²) in [4.78, 5) is 11.7. The van der Waals surface area contributed by atoms with E-state index in [0.29, 0.717) is 5.56 Å². The lowest BCUT2D eigenvalue weighted by atomic mass is 10.2. The van der Waals surface area contributed by atoms with E-state index in [0.717, 1.165) is 15.6 Å². The molecule has 1 aromatic rings. The topological polar surface area (TPSA) is 63.7 Å². The van der Waals surface area contributed by atoms with Crippen molar-refractivity contribution in [2.24, 2.45) is 0 Å². The number of hydrogen-bond donors (Lipinski definition) is 0. The van der Waals surface area contributed by atoms with Gasteiger partial charge >= 0.3 is 0 Å². The molecule has 7 heteroatoms. The van der Waals surface area contributed by atoms with Crippen molar-refractivity contribution in [1.82, 2.24) is 4.31 Å². The van der Waals surface area contributed by atoms with E-state index in [4.69, 9.17) is 4.74 Å². The number of carbonyl (C=O) groups is 1. The second kappa shape index (κ2) is 4.25. The molecule has 0 saturated heterocycles. The first kappa shape index (κ1) is 11.7. The Morgan fingerprint density at radius 1 is 1.56 bits per heavy atom. The number of carbonyl (C=O) groups excluding carboxylic acids is 1. The van der Waals surface area contributed by atoms with Gasteiger partial charge in [-0.1, -0.05) is 0 Å². The van der Waals surface area contributed by atoms with Crippen molar-refractivity contribution in [1.29, 1.82) is 0 Å². The summed E-state index contributed by atoms with van der Waals surface area (Å²) in [6, 6.07) is 1.56. The fourth-order valence-electron chi connectivity index (χ4n) is 1.54. The fourth-order valence-corrected chi connectivity index (χ4v) is 4.44. The molecule has 16 heavy (non-hydrogen) atoms. The minimum Gasteiger partial charge on any atom is -0.383 e. The van der Waals surface area contributed by atoms with Crippen LogP contribution in [0.3, 0.4) is 0 Å². The Labute approximate surface area is 97.7 Å². The zero-order valence-corrected chi connectivity index (χ0v) is 10.3. The quantitative estimate of drug-likeness (QED) is 0.798. The smallest absolute Gasteiger partial charge is 0.253 e. The summed E-state index contributed by atoms with van der Waals surface area (Å²) < 4.78 is 30.2. The third-order valence-corrected chi connectivity index (χ3v) is 5.68. The number of ether oxygens (including phenoxy) is 1. The van der Waals surface area contributed by atoms with E-state index in [1.165, 1.54) is 7.11 Å². The maximum absolute atomic E-state index is 12.0. The van der Waals surface area contributed by atoms with Gasteiger partial charge in [-0.2, -0.15) is 4.31 Å². The largest absolute Gasteiger partial charge is 0.383 e. The first-order valence-corrected chi connectivity index (χ1v) is 6.99. The van der Waals surface area contributed by atoms with E-state index < -0.39 is 10.0 Å². The highest BCUT2D eigenvalue weighted by Gasteiger charge is 2.36. The molecule has 0 fully saturated rings. The van der Waals surface area contributed by atoms with Gasteiger partial charge in [0.2, 0.25) is 0 Å². The number of hydrogen-bond acceptors (Lipinski definition) is 5. The molecule has 1 aliphatic rings. The van der Waals surface area contributed by atoms with Crippen molar-refractivity contribution in [2.75, 3.05) is 26.8 Å². The normalized spacial score (nSPS) is 19.7. The molecule has 1 aromatic heterocycles. The number of fused-ring (bicyclic) bond motifs is 1. The van der Waals surface area contributed by atoms with Gasteiger partial charge < -0.3 is 4.74 Å². The van der Waals surface area contributed by atoms with Crippen molar-refractivity contribution < 1.29 is 17.9 Å². The van der Waals surface area contributed by atoms with Crippen LogP contribution in [0, 0.1) is 0 Å². The molecule has 5 nitrogen and oxygen atoms in total. The van der Waals surface area contributed by atoms with E-state index in [1.807, 2.05) is 0 Å². The van der Waals surface area contributed by atoms with Gasteiger partial charge in [-0.25, -0.2) is 8.42 Å². The van der Waals surface area contributed by atoms with E-state index in [-0.39, 0.29) is 29.7 Å². The molecule has 0 N–H and O–H groups in total. The van der Waals surface area contributed by atoms with Gasteiger partial charge in [0.05, 0.1) is 13.2 Å². The van der Waals surface area contributed by atoms with Crippen LogP contribution >= 0.6 is 11.3 Å². The van der Waals surface area contributed by atoms with Crippen molar-refractivity contribution in [3.63, 3.8) is 0 Å². The lowest BCUT2D eigenvalue weighted by molar-refractivity contribution is 0.0943. The van der Waals surface area contributed by atoms with Gasteiger partial charge in [-0.05, 0) is 11.4 Å². The first-order chi connectivity index (χ1) is 7.57. The molecule has 0 spiro atoms. The molecule has 2 rings (SSSR count). The summed E-state index contributed by atoms with van der Waals surface area (Å²) in [6.07, 6.45) is 0. The maximum Gasteiger partial charge on any atom is 0.253 e. The molecule has 0 saturated carbocycles. The SMILES string of the molecule is COCCN1CC(=O)c2ccsc2S1(=O)=O. The molecule has 2 heterocycles. The zero-order chi connectivity index (χ0) is 11.8. The van der Waals surface area contributed by atoms with Crippen molar-refractivity contribution in [3.8, 4) is 0 Å². The number of nitrogens with zero attached hydrogens (tertiary/aromatic N) is 1. The lowest BCUT2D eigenvalue weighted by Crippen LogP contribution is -2.41. The number of sulfonamides is 1. The summed E-state index contributed by atoms with van der Waals surface area (Å²) in [5.41, 5.74) is 0.318. The summed E-state index contributed by atoms with van der Waals surface area (Å²) >= 11 is 1.08. The molecular formula is C9H11NO4S2. The minimum absolute atomic E-state index is 0.0879. The van der Waals surface area contributed by atoms with Crippen LogP contribution in [0.4, 0.5) is 0 Å². The predicted octanol–water partition coefficient (Wildman–Crippen LogP) is 0.582. The van der Waals surface area contributed by atoms with Crippen LogP contribution < -0.4 is 0 Å². The Kier molecular flexibility index (Phi) is 3.11. The molecule has 0 radical (unpaired) electrons. The van der Waals surface area contributed by atoms with Crippen LogP contribution in [0.5, 0.6) is 0 Å². The molecule has 0 bridgehead atoms. The van der Waals surface area contributed by atoms with Gasteiger partial charge in [0.1, 0.15) is 4.21 Å². The third-order valence-electron chi connectivity index (χ3n) is 2.37. The Bertz CT molecular complexity index is 505. The third kappa shape index (κ3) is 1.80. The summed E-state index contributed by atoms with van der Waals surface area (Å²) in [6.45, 7) is 0.407. The maximum atomic E-state index is 12.0. The average Bonchev–Trinajstić information content (AvgIpc) is 2.71. The summed E-state index contributed by atoms with van der Waals surface area (Å²) in [7, 11) is -2.00. The van der Waals surface area contributed by atoms with Gasteiger partial charge in [-0.15, -0.1) is 11.3 Å². The van der Waals surface area contributed by atoms with Crippen molar-refractivity contribution >= 4 is 27.1 Å². The monoisotopic (exact) mass is 261 g/mol. The van der Waals surface area contributed by atoms with E-state index in [1.54, 1.807) is 11.4 Å². The van der Waals surface area contributed by atoms with Crippen LogP contribution in [0.15, 0.2) is 15.7 Å². The number of rotatable bonds is 3.